The van der Waals surface area contributed by atoms with Gasteiger partial charge in [-0.25, -0.2) is 4.98 Å². The molecule has 0 bridgehead atoms. The third-order valence-electron chi connectivity index (χ3n) is 2.45. The molecule has 0 spiro atoms. The fourth-order valence-corrected chi connectivity index (χ4v) is 2.50. The number of nitrogens with zero attached hydrogens (tertiary/aromatic N) is 1. The minimum atomic E-state index is 0.389. The Morgan fingerprint density at radius 1 is 1.31 bits per heavy atom. The van der Waals surface area contributed by atoms with Gasteiger partial charge in [-0.3, -0.25) is 0 Å². The average Bonchev–Trinajstić information content (AvgIpc) is 2.83. The van der Waals surface area contributed by atoms with Crippen LogP contribution in [-0.2, 0) is 0 Å². The zero-order valence-corrected chi connectivity index (χ0v) is 10.2. The summed E-state index contributed by atoms with van der Waals surface area (Å²) in [6.45, 7) is 2.21. The predicted octanol–water partition coefficient (Wildman–Crippen LogP) is 4.10. The number of hydrogen-bond donors (Lipinski definition) is 1. The summed E-state index contributed by atoms with van der Waals surface area (Å²) in [5.74, 6) is 0.953. The van der Waals surface area contributed by atoms with E-state index in [1.165, 1.54) is 11.3 Å². The van der Waals surface area contributed by atoms with E-state index < -0.39 is 0 Å². The number of hydrogen-bond acceptors (Lipinski definition) is 3. The molecular weight excluding hydrogens is 216 g/mol. The minimum Gasteiger partial charge on any atom is -0.362 e. The third-order valence-corrected chi connectivity index (χ3v) is 3.44. The van der Waals surface area contributed by atoms with Crippen molar-refractivity contribution < 1.29 is 0 Å². The van der Waals surface area contributed by atoms with Gasteiger partial charge in [0.25, 0.3) is 0 Å². The van der Waals surface area contributed by atoms with Gasteiger partial charge in [-0.05, 0) is 30.0 Å². The van der Waals surface area contributed by atoms with Gasteiger partial charge >= 0.3 is 0 Å². The van der Waals surface area contributed by atoms with Gasteiger partial charge in [0.15, 0.2) is 0 Å². The number of aromatic nitrogens is 1. The van der Waals surface area contributed by atoms with E-state index in [1.54, 1.807) is 11.3 Å². The molecule has 1 N–H and O–H groups in total. The lowest BCUT2D eigenvalue weighted by Crippen LogP contribution is -2.09. The van der Waals surface area contributed by atoms with E-state index in [2.05, 4.69) is 34.7 Å². The molecule has 0 aliphatic rings. The number of anilines is 1. The Bertz CT molecular complexity index is 397. The van der Waals surface area contributed by atoms with Gasteiger partial charge < -0.3 is 5.32 Å². The van der Waals surface area contributed by atoms with Crippen LogP contribution in [0, 0.1) is 0 Å². The molecule has 0 radical (unpaired) electrons. The molecule has 2 rings (SSSR count). The van der Waals surface area contributed by atoms with Crippen molar-refractivity contribution in [2.45, 2.75) is 25.8 Å². The predicted molar refractivity (Wildman–Crippen MR) is 69.8 cm³/mol. The highest BCUT2D eigenvalue weighted by atomic mass is 32.1. The Morgan fingerprint density at radius 2 is 2.25 bits per heavy atom. The number of rotatable bonds is 5. The molecule has 0 saturated heterocycles. The zero-order valence-electron chi connectivity index (χ0n) is 9.39. The highest BCUT2D eigenvalue weighted by Crippen LogP contribution is 2.26. The van der Waals surface area contributed by atoms with Crippen LogP contribution in [0.25, 0.3) is 0 Å². The molecule has 2 aromatic heterocycles. The second-order valence-corrected chi connectivity index (χ2v) is 4.70. The molecule has 0 aliphatic carbocycles. The van der Waals surface area contributed by atoms with Crippen molar-refractivity contribution in [3.8, 4) is 0 Å². The number of nitrogens with one attached hydrogen (secondary N) is 1. The molecule has 0 amide bonds. The maximum atomic E-state index is 4.30. The van der Waals surface area contributed by atoms with Crippen molar-refractivity contribution in [3.63, 3.8) is 0 Å². The zero-order chi connectivity index (χ0) is 11.2. The van der Waals surface area contributed by atoms with Gasteiger partial charge in [-0.2, -0.15) is 0 Å². The minimum absolute atomic E-state index is 0.389. The molecule has 0 aromatic carbocycles. The second kappa shape index (κ2) is 5.66. The van der Waals surface area contributed by atoms with Crippen molar-refractivity contribution in [2.24, 2.45) is 0 Å². The van der Waals surface area contributed by atoms with Gasteiger partial charge in [-0.15, -0.1) is 11.3 Å². The van der Waals surface area contributed by atoms with E-state index in [9.17, 15) is 0 Å². The second-order valence-electron chi connectivity index (χ2n) is 3.72. The molecule has 1 atom stereocenters. The molecule has 2 aromatic rings. The highest BCUT2D eigenvalue weighted by molar-refractivity contribution is 7.10. The van der Waals surface area contributed by atoms with Gasteiger partial charge in [0.1, 0.15) is 5.82 Å². The smallest absolute Gasteiger partial charge is 0.126 e. The quantitative estimate of drug-likeness (QED) is 0.839. The Balaban J connectivity index is 2.09. The molecule has 1 unspecified atom stereocenters. The van der Waals surface area contributed by atoms with Crippen LogP contribution in [0.5, 0.6) is 0 Å². The van der Waals surface area contributed by atoms with Crippen molar-refractivity contribution in [2.75, 3.05) is 5.32 Å². The van der Waals surface area contributed by atoms with Crippen molar-refractivity contribution in [1.29, 1.82) is 0 Å². The molecular formula is C13H16N2S. The van der Waals surface area contributed by atoms with Crippen molar-refractivity contribution >= 4 is 17.2 Å². The van der Waals surface area contributed by atoms with Gasteiger partial charge in [0.05, 0.1) is 6.04 Å². The molecule has 0 saturated carbocycles. The summed E-state index contributed by atoms with van der Waals surface area (Å²) >= 11 is 1.80. The van der Waals surface area contributed by atoms with Gasteiger partial charge in [0, 0.05) is 11.1 Å². The fraction of sp³-hybridized carbons (Fsp3) is 0.308. The van der Waals surface area contributed by atoms with Crippen LogP contribution in [0.4, 0.5) is 5.82 Å². The first-order valence-corrected chi connectivity index (χ1v) is 6.49. The average molecular weight is 232 g/mol. The van der Waals surface area contributed by atoms with Crippen LogP contribution < -0.4 is 5.32 Å². The van der Waals surface area contributed by atoms with E-state index in [0.29, 0.717) is 6.04 Å². The standard InChI is InChI=1S/C13H16N2S/c1-2-6-11(12-7-5-10-16-12)15-13-8-3-4-9-14-13/h3-5,7-11H,2,6H2,1H3,(H,14,15). The maximum absolute atomic E-state index is 4.30. The van der Waals surface area contributed by atoms with E-state index in [1.807, 2.05) is 24.4 Å². The summed E-state index contributed by atoms with van der Waals surface area (Å²) < 4.78 is 0. The monoisotopic (exact) mass is 232 g/mol. The summed E-state index contributed by atoms with van der Waals surface area (Å²) in [7, 11) is 0. The van der Waals surface area contributed by atoms with Crippen molar-refractivity contribution in [1.82, 2.24) is 4.98 Å². The molecule has 3 heteroatoms. The van der Waals surface area contributed by atoms with Crippen LogP contribution in [0.3, 0.4) is 0 Å². The Hall–Kier alpha value is -1.35. The lowest BCUT2D eigenvalue weighted by atomic mass is 10.1. The summed E-state index contributed by atoms with van der Waals surface area (Å²) in [4.78, 5) is 5.69. The normalized spacial score (nSPS) is 12.3. The van der Waals surface area contributed by atoms with E-state index >= 15 is 0 Å². The largest absolute Gasteiger partial charge is 0.362 e. The first-order valence-electron chi connectivity index (χ1n) is 5.61. The van der Waals surface area contributed by atoms with Crippen LogP contribution in [0.2, 0.25) is 0 Å². The van der Waals surface area contributed by atoms with Gasteiger partial charge in [-0.1, -0.05) is 25.5 Å². The Labute approximate surface area is 100 Å². The Kier molecular flexibility index (Phi) is 3.94. The van der Waals surface area contributed by atoms with Crippen LogP contribution in [0.1, 0.15) is 30.7 Å². The lowest BCUT2D eigenvalue weighted by molar-refractivity contribution is 0.684. The first-order chi connectivity index (χ1) is 7.90. The first kappa shape index (κ1) is 11.1. The molecule has 84 valence electrons. The maximum Gasteiger partial charge on any atom is 0.126 e. The molecule has 16 heavy (non-hydrogen) atoms. The summed E-state index contributed by atoms with van der Waals surface area (Å²) in [6, 6.07) is 10.6. The van der Waals surface area contributed by atoms with Crippen molar-refractivity contribution in [3.05, 3.63) is 46.8 Å². The highest BCUT2D eigenvalue weighted by Gasteiger charge is 2.11. The van der Waals surface area contributed by atoms with Crippen LogP contribution >= 0.6 is 11.3 Å². The number of pyridine rings is 1. The lowest BCUT2D eigenvalue weighted by Gasteiger charge is -2.17. The Morgan fingerprint density at radius 3 is 2.88 bits per heavy atom. The van der Waals surface area contributed by atoms with E-state index in [4.69, 9.17) is 0 Å². The SMILES string of the molecule is CCCC(Nc1ccccn1)c1cccs1. The molecule has 2 nitrogen and oxygen atoms in total. The summed E-state index contributed by atoms with van der Waals surface area (Å²) in [6.07, 6.45) is 4.12. The van der Waals surface area contributed by atoms with Gasteiger partial charge in [0.2, 0.25) is 0 Å². The summed E-state index contributed by atoms with van der Waals surface area (Å²) in [5.41, 5.74) is 0. The summed E-state index contributed by atoms with van der Waals surface area (Å²) in [5, 5.41) is 5.60. The third kappa shape index (κ3) is 2.83. The molecule has 0 aliphatic heterocycles. The van der Waals surface area contributed by atoms with Crippen LogP contribution in [-0.4, -0.2) is 4.98 Å². The van der Waals surface area contributed by atoms with E-state index in [0.717, 1.165) is 12.2 Å². The number of thiophene rings is 1. The molecule has 0 fully saturated rings. The molecule has 2 heterocycles. The topological polar surface area (TPSA) is 24.9 Å². The van der Waals surface area contributed by atoms with E-state index in [-0.39, 0.29) is 0 Å². The van der Waals surface area contributed by atoms with Crippen LogP contribution in [0.15, 0.2) is 41.9 Å². The fourth-order valence-electron chi connectivity index (χ4n) is 1.69.